The predicted octanol–water partition coefficient (Wildman–Crippen LogP) is 1.66. The summed E-state index contributed by atoms with van der Waals surface area (Å²) in [7, 11) is 0. The SMILES string of the molecule is N#CCCN(Cc1csnn1)CC1CC1. The second kappa shape index (κ2) is 5.19. The fourth-order valence-electron chi connectivity index (χ4n) is 1.59. The van der Waals surface area contributed by atoms with Gasteiger partial charge in [0.25, 0.3) is 0 Å². The lowest BCUT2D eigenvalue weighted by Gasteiger charge is -2.19. The van der Waals surface area contributed by atoms with Crippen molar-refractivity contribution in [1.82, 2.24) is 14.5 Å². The standard InChI is InChI=1S/C10H14N4S/c11-4-1-5-14(6-9-2-3-9)7-10-8-15-13-12-10/h8-9H,1-3,5-7H2. The number of rotatable bonds is 6. The third kappa shape index (κ3) is 3.57. The van der Waals surface area contributed by atoms with Crippen molar-refractivity contribution < 1.29 is 0 Å². The minimum absolute atomic E-state index is 0.601. The molecule has 1 aliphatic carbocycles. The van der Waals surface area contributed by atoms with Gasteiger partial charge >= 0.3 is 0 Å². The van der Waals surface area contributed by atoms with E-state index < -0.39 is 0 Å². The topological polar surface area (TPSA) is 52.8 Å². The maximum Gasteiger partial charge on any atom is 0.0895 e. The Kier molecular flexibility index (Phi) is 3.64. The van der Waals surface area contributed by atoms with Crippen LogP contribution in [0.15, 0.2) is 5.38 Å². The van der Waals surface area contributed by atoms with Crippen molar-refractivity contribution in [3.05, 3.63) is 11.1 Å². The molecule has 0 unspecified atom stereocenters. The molecule has 2 rings (SSSR count). The fourth-order valence-corrected chi connectivity index (χ4v) is 2.03. The van der Waals surface area contributed by atoms with Gasteiger partial charge in [-0.25, -0.2) is 0 Å². The van der Waals surface area contributed by atoms with Crippen LogP contribution in [0.4, 0.5) is 0 Å². The van der Waals surface area contributed by atoms with Gasteiger partial charge in [0, 0.05) is 31.4 Å². The van der Waals surface area contributed by atoms with E-state index in [-0.39, 0.29) is 0 Å². The van der Waals surface area contributed by atoms with E-state index in [0.29, 0.717) is 6.42 Å². The average molecular weight is 222 g/mol. The summed E-state index contributed by atoms with van der Waals surface area (Å²) in [5.74, 6) is 0.857. The fraction of sp³-hybridized carbons (Fsp3) is 0.700. The van der Waals surface area contributed by atoms with Crippen molar-refractivity contribution in [2.45, 2.75) is 25.8 Å². The Morgan fingerprint density at radius 2 is 2.47 bits per heavy atom. The van der Waals surface area contributed by atoms with Crippen molar-refractivity contribution in [3.63, 3.8) is 0 Å². The smallest absolute Gasteiger partial charge is 0.0895 e. The minimum atomic E-state index is 0.601. The van der Waals surface area contributed by atoms with Crippen molar-refractivity contribution in [1.29, 1.82) is 5.26 Å². The Hall–Kier alpha value is -0.990. The molecule has 1 aromatic rings. The average Bonchev–Trinajstić information content (AvgIpc) is 2.90. The van der Waals surface area contributed by atoms with E-state index in [4.69, 9.17) is 5.26 Å². The maximum absolute atomic E-state index is 8.59. The van der Waals surface area contributed by atoms with E-state index in [1.807, 2.05) is 5.38 Å². The number of aromatic nitrogens is 2. The van der Waals surface area contributed by atoms with Crippen LogP contribution in [-0.2, 0) is 6.54 Å². The molecule has 0 radical (unpaired) electrons. The predicted molar refractivity (Wildman–Crippen MR) is 58.1 cm³/mol. The van der Waals surface area contributed by atoms with E-state index in [1.54, 1.807) is 0 Å². The van der Waals surface area contributed by atoms with Gasteiger partial charge in [-0.3, -0.25) is 4.90 Å². The lowest BCUT2D eigenvalue weighted by atomic mass is 10.3. The molecule has 1 heterocycles. The summed E-state index contributed by atoms with van der Waals surface area (Å²) in [6.45, 7) is 2.80. The van der Waals surface area contributed by atoms with Crippen LogP contribution in [0.3, 0.4) is 0 Å². The maximum atomic E-state index is 8.59. The molecule has 0 N–H and O–H groups in total. The van der Waals surface area contributed by atoms with E-state index in [1.165, 1.54) is 24.4 Å². The zero-order valence-corrected chi connectivity index (χ0v) is 9.41. The van der Waals surface area contributed by atoms with Crippen molar-refractivity contribution in [3.8, 4) is 6.07 Å². The van der Waals surface area contributed by atoms with Crippen LogP contribution in [0.25, 0.3) is 0 Å². The molecule has 4 nitrogen and oxygen atoms in total. The lowest BCUT2D eigenvalue weighted by molar-refractivity contribution is 0.257. The Morgan fingerprint density at radius 3 is 3.07 bits per heavy atom. The highest BCUT2D eigenvalue weighted by atomic mass is 32.1. The summed E-state index contributed by atoms with van der Waals surface area (Å²) in [6.07, 6.45) is 3.29. The molecule has 0 amide bonds. The van der Waals surface area contributed by atoms with E-state index in [9.17, 15) is 0 Å². The second-order valence-electron chi connectivity index (χ2n) is 3.98. The molecule has 1 saturated carbocycles. The molecule has 15 heavy (non-hydrogen) atoms. The molecule has 0 aromatic carbocycles. The van der Waals surface area contributed by atoms with Crippen LogP contribution in [0, 0.1) is 17.2 Å². The Morgan fingerprint density at radius 1 is 1.60 bits per heavy atom. The number of hydrogen-bond acceptors (Lipinski definition) is 5. The van der Waals surface area contributed by atoms with E-state index in [0.717, 1.165) is 31.2 Å². The first kappa shape index (κ1) is 10.5. The Balaban J connectivity index is 1.83. The largest absolute Gasteiger partial charge is 0.296 e. The van der Waals surface area contributed by atoms with Gasteiger partial charge < -0.3 is 0 Å². The molecular weight excluding hydrogens is 208 g/mol. The highest BCUT2D eigenvalue weighted by molar-refractivity contribution is 7.03. The highest BCUT2D eigenvalue weighted by Gasteiger charge is 2.24. The zero-order chi connectivity index (χ0) is 10.5. The molecule has 0 aliphatic heterocycles. The monoisotopic (exact) mass is 222 g/mol. The summed E-state index contributed by atoms with van der Waals surface area (Å²) in [5.41, 5.74) is 1.03. The normalized spacial score (nSPS) is 15.5. The lowest BCUT2D eigenvalue weighted by Crippen LogP contribution is -2.26. The molecule has 1 aromatic heterocycles. The summed E-state index contributed by atoms with van der Waals surface area (Å²) in [5, 5.41) is 14.6. The van der Waals surface area contributed by atoms with Gasteiger partial charge in [0.05, 0.1) is 11.8 Å². The minimum Gasteiger partial charge on any atom is -0.296 e. The van der Waals surface area contributed by atoms with Crippen LogP contribution >= 0.6 is 11.5 Å². The Labute approximate surface area is 93.7 Å². The molecule has 1 aliphatic rings. The quantitative estimate of drug-likeness (QED) is 0.734. The molecule has 0 bridgehead atoms. The molecular formula is C10H14N4S. The van der Waals surface area contributed by atoms with Gasteiger partial charge in [-0.05, 0) is 30.3 Å². The van der Waals surface area contributed by atoms with Crippen LogP contribution < -0.4 is 0 Å². The number of nitriles is 1. The first-order valence-corrected chi connectivity index (χ1v) is 6.07. The summed E-state index contributed by atoms with van der Waals surface area (Å²) >= 11 is 1.39. The number of nitrogens with zero attached hydrogens (tertiary/aromatic N) is 4. The zero-order valence-electron chi connectivity index (χ0n) is 8.59. The highest BCUT2D eigenvalue weighted by Crippen LogP contribution is 2.30. The van der Waals surface area contributed by atoms with Crippen LogP contribution in [-0.4, -0.2) is 27.6 Å². The molecule has 5 heteroatoms. The molecule has 80 valence electrons. The third-order valence-electron chi connectivity index (χ3n) is 2.54. The van der Waals surface area contributed by atoms with Crippen LogP contribution in [0.1, 0.15) is 25.0 Å². The Bertz CT molecular complexity index is 326. The summed E-state index contributed by atoms with van der Waals surface area (Å²) < 4.78 is 3.85. The van der Waals surface area contributed by atoms with Crippen LogP contribution in [0.5, 0.6) is 0 Å². The van der Waals surface area contributed by atoms with Gasteiger partial charge in [-0.2, -0.15) is 5.26 Å². The van der Waals surface area contributed by atoms with Gasteiger partial charge in [0.1, 0.15) is 0 Å². The van der Waals surface area contributed by atoms with Gasteiger partial charge in [0.15, 0.2) is 0 Å². The first-order chi connectivity index (χ1) is 7.38. The summed E-state index contributed by atoms with van der Waals surface area (Å²) in [4.78, 5) is 2.32. The number of hydrogen-bond donors (Lipinski definition) is 0. The van der Waals surface area contributed by atoms with Crippen molar-refractivity contribution in [2.24, 2.45) is 5.92 Å². The molecule has 0 atom stereocenters. The second-order valence-corrected chi connectivity index (χ2v) is 4.59. The van der Waals surface area contributed by atoms with Crippen LogP contribution in [0.2, 0.25) is 0 Å². The third-order valence-corrected chi connectivity index (χ3v) is 3.10. The first-order valence-electron chi connectivity index (χ1n) is 5.23. The van der Waals surface area contributed by atoms with Gasteiger partial charge in [0.2, 0.25) is 0 Å². The van der Waals surface area contributed by atoms with Gasteiger partial charge in [-0.1, -0.05) is 4.49 Å². The van der Waals surface area contributed by atoms with Crippen molar-refractivity contribution >= 4 is 11.5 Å². The van der Waals surface area contributed by atoms with E-state index >= 15 is 0 Å². The molecule has 1 fully saturated rings. The van der Waals surface area contributed by atoms with Crippen molar-refractivity contribution in [2.75, 3.05) is 13.1 Å². The molecule has 0 spiro atoms. The summed E-state index contributed by atoms with van der Waals surface area (Å²) in [6, 6.07) is 2.20. The van der Waals surface area contributed by atoms with Gasteiger partial charge in [-0.15, -0.1) is 5.10 Å². The van der Waals surface area contributed by atoms with E-state index in [2.05, 4.69) is 20.6 Å². The molecule has 0 saturated heterocycles.